The highest BCUT2D eigenvalue weighted by molar-refractivity contribution is 7.87. The molecule has 0 aliphatic heterocycles. The van der Waals surface area contributed by atoms with E-state index in [0.29, 0.717) is 0 Å². The Balaban J connectivity index is 4.73. The van der Waals surface area contributed by atoms with Crippen LogP contribution in [-0.4, -0.2) is 43.4 Å². The number of esters is 2. The van der Waals surface area contributed by atoms with Gasteiger partial charge >= 0.3 is 11.9 Å². The molecule has 0 saturated heterocycles. The molecule has 1 N–H and O–H groups in total. The predicted octanol–water partition coefficient (Wildman–Crippen LogP) is 4.15. The van der Waals surface area contributed by atoms with E-state index in [1.54, 1.807) is 0 Å². The topological polar surface area (TPSA) is 107 Å². The maximum Gasteiger partial charge on any atom is 0.327 e. The van der Waals surface area contributed by atoms with Crippen LogP contribution in [-0.2, 0) is 29.2 Å². The second-order valence-electron chi connectivity index (χ2n) is 7.35. The quantitative estimate of drug-likeness (QED) is 0.294. The molecule has 0 saturated carbocycles. The van der Waals surface area contributed by atoms with Crippen molar-refractivity contribution in [1.29, 1.82) is 0 Å². The molecule has 0 radical (unpaired) electrons. The number of ether oxygens (including phenoxy) is 2. The Morgan fingerprint density at radius 2 is 1.32 bits per heavy atom. The van der Waals surface area contributed by atoms with Crippen molar-refractivity contribution >= 4 is 22.1 Å². The molecular weight excluding hydrogens is 384 g/mol. The van der Waals surface area contributed by atoms with Crippen molar-refractivity contribution in [2.45, 2.75) is 90.7 Å². The largest absolute Gasteiger partial charge is 0.465 e. The van der Waals surface area contributed by atoms with E-state index in [4.69, 9.17) is 9.47 Å². The lowest BCUT2D eigenvalue weighted by molar-refractivity contribution is -0.151. The molecule has 166 valence electrons. The summed E-state index contributed by atoms with van der Waals surface area (Å²) >= 11 is 0. The molecule has 0 aliphatic rings. The third kappa shape index (κ3) is 11.6. The average Bonchev–Trinajstić information content (AvgIpc) is 2.65. The molecule has 0 aromatic heterocycles. The van der Waals surface area contributed by atoms with Crippen molar-refractivity contribution in [2.75, 3.05) is 13.2 Å². The fourth-order valence-corrected chi connectivity index (χ4v) is 3.48. The van der Waals surface area contributed by atoms with Crippen LogP contribution >= 0.6 is 0 Å². The number of hydrogen-bond acceptors (Lipinski definition) is 6. The zero-order chi connectivity index (χ0) is 21.6. The van der Waals surface area contributed by atoms with Crippen LogP contribution in [0.4, 0.5) is 0 Å². The van der Waals surface area contributed by atoms with Crippen LogP contribution in [0.1, 0.15) is 85.5 Å². The predicted molar refractivity (Wildman–Crippen MR) is 108 cm³/mol. The SMILES string of the molecule is CCCC[C@@H](CC)COC(=O)C[C@@H](C(=O)OC[C@H](CC)CCCC)S(=O)(=O)O. The summed E-state index contributed by atoms with van der Waals surface area (Å²) in [4.78, 5) is 24.2. The summed E-state index contributed by atoms with van der Waals surface area (Å²) in [5.41, 5.74) is 0. The van der Waals surface area contributed by atoms with Crippen LogP contribution in [0.3, 0.4) is 0 Å². The van der Waals surface area contributed by atoms with Gasteiger partial charge in [0.05, 0.1) is 19.6 Å². The number of rotatable bonds is 16. The molecule has 28 heavy (non-hydrogen) atoms. The first kappa shape index (κ1) is 26.9. The van der Waals surface area contributed by atoms with Gasteiger partial charge in [-0.2, -0.15) is 8.42 Å². The summed E-state index contributed by atoms with van der Waals surface area (Å²) in [6.45, 7) is 8.35. The number of carbonyl (C=O) groups is 2. The molecule has 0 aliphatic carbocycles. The Kier molecular flexibility index (Phi) is 14.2. The van der Waals surface area contributed by atoms with Gasteiger partial charge in [0.1, 0.15) is 0 Å². The summed E-state index contributed by atoms with van der Waals surface area (Å²) in [7, 11) is -4.76. The minimum atomic E-state index is -4.76. The van der Waals surface area contributed by atoms with Gasteiger partial charge in [-0.05, 0) is 24.7 Å². The van der Waals surface area contributed by atoms with Crippen LogP contribution in [0.25, 0.3) is 0 Å². The van der Waals surface area contributed by atoms with Crippen molar-refractivity contribution in [2.24, 2.45) is 11.8 Å². The van der Waals surface area contributed by atoms with Gasteiger partial charge < -0.3 is 9.47 Å². The molecule has 0 unspecified atom stereocenters. The van der Waals surface area contributed by atoms with Crippen LogP contribution in [0.5, 0.6) is 0 Å². The minimum absolute atomic E-state index is 0.0747. The van der Waals surface area contributed by atoms with Crippen LogP contribution < -0.4 is 0 Å². The number of unbranched alkanes of at least 4 members (excludes halogenated alkanes) is 2. The van der Waals surface area contributed by atoms with E-state index in [1.165, 1.54) is 0 Å². The number of carbonyl (C=O) groups excluding carboxylic acids is 2. The van der Waals surface area contributed by atoms with Crippen LogP contribution in [0.2, 0.25) is 0 Å². The molecule has 0 amide bonds. The first-order chi connectivity index (χ1) is 13.2. The van der Waals surface area contributed by atoms with Gasteiger partial charge in [-0.25, -0.2) is 0 Å². The van der Waals surface area contributed by atoms with E-state index in [1.807, 2.05) is 13.8 Å². The zero-order valence-electron chi connectivity index (χ0n) is 17.8. The second kappa shape index (κ2) is 14.8. The second-order valence-corrected chi connectivity index (χ2v) is 8.95. The first-order valence-corrected chi connectivity index (χ1v) is 12.0. The maximum absolute atomic E-state index is 12.2. The highest BCUT2D eigenvalue weighted by Crippen LogP contribution is 2.17. The first-order valence-electron chi connectivity index (χ1n) is 10.5. The van der Waals surface area contributed by atoms with E-state index < -0.39 is 33.7 Å². The molecule has 8 heteroatoms. The molecular formula is C20H38O7S. The van der Waals surface area contributed by atoms with Crippen molar-refractivity contribution in [3.05, 3.63) is 0 Å². The van der Waals surface area contributed by atoms with Gasteiger partial charge in [0.2, 0.25) is 0 Å². The van der Waals surface area contributed by atoms with Crippen LogP contribution in [0.15, 0.2) is 0 Å². The highest BCUT2D eigenvalue weighted by Gasteiger charge is 2.36. The molecule has 0 rings (SSSR count). The van der Waals surface area contributed by atoms with Crippen LogP contribution in [0, 0.1) is 11.8 Å². The zero-order valence-corrected chi connectivity index (χ0v) is 18.6. The standard InChI is InChI=1S/C20H38O7S/c1-5-9-11-16(7-3)14-26-19(21)13-18(28(23,24)25)20(22)27-15-17(8-4)12-10-6-2/h16-18H,5-15H2,1-4H3,(H,23,24,25)/t16-,17-,18+/m1/s1. The van der Waals surface area contributed by atoms with E-state index in [2.05, 4.69) is 13.8 Å². The molecule has 0 spiro atoms. The maximum atomic E-state index is 12.2. The van der Waals surface area contributed by atoms with E-state index in [0.717, 1.165) is 51.4 Å². The Morgan fingerprint density at radius 3 is 1.71 bits per heavy atom. The Labute approximate surface area is 170 Å². The summed E-state index contributed by atoms with van der Waals surface area (Å²) in [6, 6.07) is 0. The molecule has 0 aromatic carbocycles. The summed E-state index contributed by atoms with van der Waals surface area (Å²) in [5, 5.41) is -1.95. The Bertz CT molecular complexity index is 545. The van der Waals surface area contributed by atoms with Crippen molar-refractivity contribution < 1.29 is 32.0 Å². The summed E-state index contributed by atoms with van der Waals surface area (Å²) < 4.78 is 42.8. The molecule has 0 fully saturated rings. The summed E-state index contributed by atoms with van der Waals surface area (Å²) in [5.74, 6) is -1.61. The third-order valence-electron chi connectivity index (χ3n) is 5.00. The lowest BCUT2D eigenvalue weighted by atomic mass is 10.0. The summed E-state index contributed by atoms with van der Waals surface area (Å²) in [6.07, 6.45) is 6.74. The molecule has 0 aromatic rings. The van der Waals surface area contributed by atoms with Crippen molar-refractivity contribution in [3.63, 3.8) is 0 Å². The van der Waals surface area contributed by atoms with Crippen molar-refractivity contribution in [1.82, 2.24) is 0 Å². The molecule has 3 atom stereocenters. The van der Waals surface area contributed by atoms with E-state index >= 15 is 0 Å². The minimum Gasteiger partial charge on any atom is -0.465 e. The van der Waals surface area contributed by atoms with Gasteiger partial charge in [0.15, 0.2) is 5.25 Å². The fraction of sp³-hybridized carbons (Fsp3) is 0.900. The van der Waals surface area contributed by atoms with E-state index in [9.17, 15) is 22.6 Å². The van der Waals surface area contributed by atoms with Gasteiger partial charge in [0, 0.05) is 0 Å². The molecule has 0 bridgehead atoms. The monoisotopic (exact) mass is 422 g/mol. The van der Waals surface area contributed by atoms with E-state index in [-0.39, 0.29) is 25.0 Å². The average molecular weight is 423 g/mol. The van der Waals surface area contributed by atoms with Gasteiger partial charge in [-0.1, -0.05) is 66.2 Å². The van der Waals surface area contributed by atoms with Gasteiger partial charge in [0.25, 0.3) is 10.1 Å². The van der Waals surface area contributed by atoms with Gasteiger partial charge in [-0.3, -0.25) is 14.1 Å². The fourth-order valence-electron chi connectivity index (χ4n) is 2.82. The van der Waals surface area contributed by atoms with Gasteiger partial charge in [-0.15, -0.1) is 0 Å². The third-order valence-corrected chi connectivity index (χ3v) is 6.08. The lowest BCUT2D eigenvalue weighted by Crippen LogP contribution is -2.35. The Morgan fingerprint density at radius 1 is 0.857 bits per heavy atom. The van der Waals surface area contributed by atoms with Crippen molar-refractivity contribution in [3.8, 4) is 0 Å². The normalized spacial score (nSPS) is 14.9. The molecule has 0 heterocycles. The Hall–Kier alpha value is -1.15. The molecule has 7 nitrogen and oxygen atoms in total. The number of hydrogen-bond donors (Lipinski definition) is 1. The smallest absolute Gasteiger partial charge is 0.327 e. The lowest BCUT2D eigenvalue weighted by Gasteiger charge is -2.18. The highest BCUT2D eigenvalue weighted by atomic mass is 32.2.